The minimum atomic E-state index is 0.0249. The van der Waals surface area contributed by atoms with Gasteiger partial charge in [0.15, 0.2) is 5.82 Å². The average Bonchev–Trinajstić information content (AvgIpc) is 3.26. The van der Waals surface area contributed by atoms with Crippen molar-refractivity contribution in [2.75, 3.05) is 0 Å². The summed E-state index contributed by atoms with van der Waals surface area (Å²) in [6, 6.07) is 10.1. The van der Waals surface area contributed by atoms with E-state index in [1.807, 2.05) is 29.1 Å². The fourth-order valence-corrected chi connectivity index (χ4v) is 2.47. The van der Waals surface area contributed by atoms with E-state index in [1.54, 1.807) is 13.1 Å². The number of amides is 1. The van der Waals surface area contributed by atoms with Gasteiger partial charge in [-0.15, -0.1) is 0 Å². The van der Waals surface area contributed by atoms with Crippen LogP contribution in [0.3, 0.4) is 0 Å². The van der Waals surface area contributed by atoms with Crippen LogP contribution in [0.15, 0.2) is 47.2 Å². The molecule has 1 N–H and O–H groups in total. The second-order valence-corrected chi connectivity index (χ2v) is 5.89. The van der Waals surface area contributed by atoms with Gasteiger partial charge in [-0.1, -0.05) is 29.4 Å². The van der Waals surface area contributed by atoms with Gasteiger partial charge >= 0.3 is 0 Å². The summed E-state index contributed by atoms with van der Waals surface area (Å²) < 4.78 is 6.90. The monoisotopic (exact) mass is 339 g/mol. The Morgan fingerprint density at radius 3 is 2.72 bits per heavy atom. The number of aryl methyl sites for hydroxylation is 2. The quantitative estimate of drug-likeness (QED) is 0.680. The van der Waals surface area contributed by atoms with Crippen molar-refractivity contribution in [3.8, 4) is 0 Å². The molecule has 0 aliphatic heterocycles. The molecule has 0 bridgehead atoms. The van der Waals surface area contributed by atoms with Crippen LogP contribution in [0, 0.1) is 6.92 Å². The van der Waals surface area contributed by atoms with E-state index in [9.17, 15) is 4.79 Å². The van der Waals surface area contributed by atoms with Gasteiger partial charge in [-0.2, -0.15) is 10.1 Å². The van der Waals surface area contributed by atoms with E-state index < -0.39 is 0 Å². The number of carbonyl (C=O) groups is 1. The molecule has 0 saturated carbocycles. The predicted molar refractivity (Wildman–Crippen MR) is 91.6 cm³/mol. The van der Waals surface area contributed by atoms with Gasteiger partial charge in [0, 0.05) is 31.8 Å². The molecule has 2 heterocycles. The van der Waals surface area contributed by atoms with Crippen molar-refractivity contribution in [2.24, 2.45) is 0 Å². The van der Waals surface area contributed by atoms with Gasteiger partial charge in [0.05, 0.1) is 6.54 Å². The van der Waals surface area contributed by atoms with Gasteiger partial charge in [-0.25, -0.2) is 0 Å². The lowest BCUT2D eigenvalue weighted by molar-refractivity contribution is -0.121. The van der Waals surface area contributed by atoms with Crippen LogP contribution in [-0.4, -0.2) is 25.8 Å². The van der Waals surface area contributed by atoms with E-state index >= 15 is 0 Å². The number of benzene rings is 1. The van der Waals surface area contributed by atoms with Crippen molar-refractivity contribution < 1.29 is 9.32 Å². The van der Waals surface area contributed by atoms with Crippen molar-refractivity contribution >= 4 is 5.91 Å². The smallest absolute Gasteiger partial charge is 0.226 e. The summed E-state index contributed by atoms with van der Waals surface area (Å²) >= 11 is 0. The minimum absolute atomic E-state index is 0.0249. The zero-order valence-electron chi connectivity index (χ0n) is 14.2. The molecule has 7 nitrogen and oxygen atoms in total. The van der Waals surface area contributed by atoms with Gasteiger partial charge in [0.25, 0.3) is 0 Å². The first kappa shape index (κ1) is 16.9. The van der Waals surface area contributed by atoms with Crippen LogP contribution in [0.5, 0.6) is 0 Å². The number of carbonyl (C=O) groups excluding carboxylic acids is 1. The highest BCUT2D eigenvalue weighted by Gasteiger charge is 2.06. The summed E-state index contributed by atoms with van der Waals surface area (Å²) in [5.74, 6) is 1.23. The third-order valence-corrected chi connectivity index (χ3v) is 3.78. The van der Waals surface area contributed by atoms with Gasteiger partial charge < -0.3 is 9.84 Å². The number of hydrogen-bond acceptors (Lipinski definition) is 5. The first-order valence-corrected chi connectivity index (χ1v) is 8.30. The van der Waals surface area contributed by atoms with Crippen LogP contribution >= 0.6 is 0 Å². The van der Waals surface area contributed by atoms with E-state index in [2.05, 4.69) is 32.7 Å². The summed E-state index contributed by atoms with van der Waals surface area (Å²) in [7, 11) is 0. The highest BCUT2D eigenvalue weighted by Crippen LogP contribution is 2.07. The third-order valence-electron chi connectivity index (χ3n) is 3.78. The SMILES string of the molecule is Cc1noc(CCCC(=O)NCc2ccc(Cn3cccn3)cc2)n1. The lowest BCUT2D eigenvalue weighted by Crippen LogP contribution is -2.22. The molecule has 7 heteroatoms. The third kappa shape index (κ3) is 5.27. The van der Waals surface area contributed by atoms with E-state index in [0.29, 0.717) is 37.5 Å². The topological polar surface area (TPSA) is 85.8 Å². The predicted octanol–water partition coefficient (Wildman–Crippen LogP) is 2.26. The van der Waals surface area contributed by atoms with Crippen LogP contribution in [0.4, 0.5) is 0 Å². The van der Waals surface area contributed by atoms with E-state index in [1.165, 1.54) is 5.56 Å². The van der Waals surface area contributed by atoms with Crippen molar-refractivity contribution in [3.05, 3.63) is 65.6 Å². The van der Waals surface area contributed by atoms with Crippen molar-refractivity contribution in [1.82, 2.24) is 25.2 Å². The molecule has 3 aromatic rings. The Balaban J connectivity index is 1.38. The summed E-state index contributed by atoms with van der Waals surface area (Å²) in [4.78, 5) is 16.0. The molecule has 0 spiro atoms. The Morgan fingerprint density at radius 1 is 1.24 bits per heavy atom. The second-order valence-electron chi connectivity index (χ2n) is 5.89. The first-order chi connectivity index (χ1) is 12.2. The molecule has 1 aromatic carbocycles. The van der Waals surface area contributed by atoms with E-state index in [0.717, 1.165) is 12.1 Å². The van der Waals surface area contributed by atoms with Crippen LogP contribution in [-0.2, 0) is 24.3 Å². The number of hydrogen-bond donors (Lipinski definition) is 1. The zero-order chi connectivity index (χ0) is 17.5. The van der Waals surface area contributed by atoms with Crippen molar-refractivity contribution in [1.29, 1.82) is 0 Å². The maximum atomic E-state index is 11.9. The molecule has 0 radical (unpaired) electrons. The summed E-state index contributed by atoms with van der Waals surface area (Å²) in [5, 5.41) is 10.9. The maximum Gasteiger partial charge on any atom is 0.226 e. The number of aromatic nitrogens is 4. The molecule has 0 atom stereocenters. The number of rotatable bonds is 8. The molecule has 1 amide bonds. The van der Waals surface area contributed by atoms with Crippen LogP contribution in [0.25, 0.3) is 0 Å². The molecule has 0 unspecified atom stereocenters. The maximum absolute atomic E-state index is 11.9. The molecule has 2 aromatic heterocycles. The molecule has 3 rings (SSSR count). The van der Waals surface area contributed by atoms with Crippen molar-refractivity contribution in [2.45, 2.75) is 39.3 Å². The number of nitrogens with one attached hydrogen (secondary N) is 1. The Labute approximate surface area is 146 Å². The molecule has 0 saturated heterocycles. The zero-order valence-corrected chi connectivity index (χ0v) is 14.2. The summed E-state index contributed by atoms with van der Waals surface area (Å²) in [5.41, 5.74) is 2.25. The van der Waals surface area contributed by atoms with Gasteiger partial charge in [0.2, 0.25) is 11.8 Å². The Kier molecular flexibility index (Phi) is 5.56. The highest BCUT2D eigenvalue weighted by atomic mass is 16.5. The number of nitrogens with zero attached hydrogens (tertiary/aromatic N) is 4. The molecular weight excluding hydrogens is 318 g/mol. The Bertz CT molecular complexity index is 793. The minimum Gasteiger partial charge on any atom is -0.352 e. The molecule has 0 aliphatic carbocycles. The van der Waals surface area contributed by atoms with Gasteiger partial charge in [0.1, 0.15) is 0 Å². The van der Waals surface area contributed by atoms with Crippen LogP contribution in [0.1, 0.15) is 35.7 Å². The summed E-state index contributed by atoms with van der Waals surface area (Å²) in [6.45, 7) is 3.05. The molecule has 0 fully saturated rings. The standard InChI is InChI=1S/C18H21N5O2/c1-14-21-18(25-22-14)5-2-4-17(24)19-12-15-6-8-16(9-7-15)13-23-11-3-10-20-23/h3,6-11H,2,4-5,12-13H2,1H3,(H,19,24). The molecular formula is C18H21N5O2. The lowest BCUT2D eigenvalue weighted by Gasteiger charge is -2.07. The molecule has 25 heavy (non-hydrogen) atoms. The van der Waals surface area contributed by atoms with Crippen LogP contribution < -0.4 is 5.32 Å². The van der Waals surface area contributed by atoms with E-state index in [-0.39, 0.29) is 5.91 Å². The highest BCUT2D eigenvalue weighted by molar-refractivity contribution is 5.75. The molecule has 130 valence electrons. The normalized spacial score (nSPS) is 10.8. The van der Waals surface area contributed by atoms with Crippen molar-refractivity contribution in [3.63, 3.8) is 0 Å². The summed E-state index contributed by atoms with van der Waals surface area (Å²) in [6.07, 6.45) is 5.46. The van der Waals surface area contributed by atoms with E-state index in [4.69, 9.17) is 4.52 Å². The molecule has 0 aliphatic rings. The largest absolute Gasteiger partial charge is 0.352 e. The fourth-order valence-electron chi connectivity index (χ4n) is 2.47. The Hall–Kier alpha value is -2.96. The fraction of sp³-hybridized carbons (Fsp3) is 0.333. The van der Waals surface area contributed by atoms with Gasteiger partial charge in [-0.05, 0) is 30.5 Å². The van der Waals surface area contributed by atoms with Gasteiger partial charge in [-0.3, -0.25) is 9.48 Å². The average molecular weight is 339 g/mol. The first-order valence-electron chi connectivity index (χ1n) is 8.30. The van der Waals surface area contributed by atoms with Crippen LogP contribution in [0.2, 0.25) is 0 Å². The second kappa shape index (κ2) is 8.23. The Morgan fingerprint density at radius 2 is 2.04 bits per heavy atom. The lowest BCUT2D eigenvalue weighted by atomic mass is 10.1.